The van der Waals surface area contributed by atoms with Crippen LogP contribution in [-0.4, -0.2) is 22.6 Å². The SMILES string of the molecule is CC(C)P([P-]P(C(C)C)C(C)C)C(C)C.[Li+]. The molecule has 0 aliphatic carbocycles. The Hall–Kier alpha value is 1.89. The van der Waals surface area contributed by atoms with Gasteiger partial charge in [0.2, 0.25) is 0 Å². The zero-order valence-electron chi connectivity index (χ0n) is 12.7. The van der Waals surface area contributed by atoms with Crippen LogP contribution in [0.1, 0.15) is 55.4 Å². The van der Waals surface area contributed by atoms with Crippen LogP contribution in [0, 0.1) is 0 Å². The fourth-order valence-electron chi connectivity index (χ4n) is 1.72. The molecule has 0 aliphatic rings. The molecule has 0 aromatic rings. The van der Waals surface area contributed by atoms with E-state index in [0.29, 0.717) is 0 Å². The maximum atomic E-state index is 2.41. The van der Waals surface area contributed by atoms with Gasteiger partial charge < -0.3 is 7.96 Å². The van der Waals surface area contributed by atoms with Crippen LogP contribution in [0.4, 0.5) is 0 Å². The van der Waals surface area contributed by atoms with Gasteiger partial charge in [-0.15, -0.1) is 0 Å². The van der Waals surface area contributed by atoms with Gasteiger partial charge >= 0.3 is 18.9 Å². The van der Waals surface area contributed by atoms with Crippen molar-refractivity contribution in [3.8, 4) is 0 Å². The van der Waals surface area contributed by atoms with Gasteiger partial charge in [-0.1, -0.05) is 78.0 Å². The minimum absolute atomic E-state index is 0. The maximum absolute atomic E-state index is 2.41. The predicted molar refractivity (Wildman–Crippen MR) is 81.3 cm³/mol. The Balaban J connectivity index is 0. The van der Waals surface area contributed by atoms with Crippen molar-refractivity contribution in [3.05, 3.63) is 0 Å². The summed E-state index contributed by atoms with van der Waals surface area (Å²) in [5.41, 5.74) is 3.57. The van der Waals surface area contributed by atoms with Crippen LogP contribution in [0.25, 0.3) is 0 Å². The third kappa shape index (κ3) is 7.35. The molecule has 0 saturated carbocycles. The van der Waals surface area contributed by atoms with Gasteiger partial charge in [0.15, 0.2) is 0 Å². The van der Waals surface area contributed by atoms with Gasteiger partial charge in [-0.05, 0) is 0 Å². The van der Waals surface area contributed by atoms with E-state index < -0.39 is 0 Å². The summed E-state index contributed by atoms with van der Waals surface area (Å²) < 4.78 is 0. The summed E-state index contributed by atoms with van der Waals surface area (Å²) in [7, 11) is 2.24. The van der Waals surface area contributed by atoms with Crippen LogP contribution in [0.2, 0.25) is 0 Å². The molecule has 0 radical (unpaired) electrons. The first-order valence-electron chi connectivity index (χ1n) is 6.05. The van der Waals surface area contributed by atoms with Crippen LogP contribution >= 0.6 is 23.2 Å². The van der Waals surface area contributed by atoms with Gasteiger partial charge in [0.25, 0.3) is 0 Å². The van der Waals surface area contributed by atoms with Crippen molar-refractivity contribution in [1.82, 2.24) is 0 Å². The smallest absolute Gasteiger partial charge is 0.474 e. The van der Waals surface area contributed by atoms with Crippen molar-refractivity contribution < 1.29 is 18.9 Å². The molecule has 0 aliphatic heterocycles. The molecule has 0 bridgehead atoms. The molecular formula is C12H28LiP3. The van der Waals surface area contributed by atoms with Crippen LogP contribution in [0.5, 0.6) is 0 Å². The van der Waals surface area contributed by atoms with Gasteiger partial charge in [0.05, 0.1) is 0 Å². The molecule has 0 aromatic heterocycles. The topological polar surface area (TPSA) is 0 Å². The van der Waals surface area contributed by atoms with Crippen LogP contribution < -0.4 is 18.9 Å². The largest absolute Gasteiger partial charge is 1.00 e. The molecule has 0 spiro atoms. The Morgan fingerprint density at radius 2 is 0.750 bits per heavy atom. The van der Waals surface area contributed by atoms with E-state index in [2.05, 4.69) is 55.4 Å². The van der Waals surface area contributed by atoms with E-state index in [1.807, 2.05) is 7.96 Å². The Morgan fingerprint density at radius 3 is 0.875 bits per heavy atom. The monoisotopic (exact) mass is 272 g/mol. The molecule has 0 N–H and O–H groups in total. The Labute approximate surface area is 120 Å². The molecule has 0 unspecified atom stereocenters. The molecule has 92 valence electrons. The van der Waals surface area contributed by atoms with Gasteiger partial charge in [-0.25, -0.2) is 0 Å². The average Bonchev–Trinajstić information content (AvgIpc) is 2.01. The molecule has 16 heavy (non-hydrogen) atoms. The van der Waals surface area contributed by atoms with Crippen molar-refractivity contribution >= 4 is 23.2 Å². The normalized spacial score (nSPS) is 12.4. The van der Waals surface area contributed by atoms with Crippen molar-refractivity contribution in [2.75, 3.05) is 0 Å². The standard InChI is InChI=1S/C12H28P3.Li/c1-9(2)14(10(3)4)13-15(11(5)6)12(7)8;/h9-12H,1-8H3;/q-1;+1. The Morgan fingerprint density at radius 1 is 0.562 bits per heavy atom. The first-order valence-corrected chi connectivity index (χ1v) is 11.3. The minimum Gasteiger partial charge on any atom is -0.474 e. The summed E-state index contributed by atoms with van der Waals surface area (Å²) in [4.78, 5) is 0. The van der Waals surface area contributed by atoms with Gasteiger partial charge in [-0.3, -0.25) is 15.2 Å². The van der Waals surface area contributed by atoms with E-state index in [-0.39, 0.29) is 34.1 Å². The minimum atomic E-state index is 0. The molecule has 0 saturated heterocycles. The Bertz CT molecular complexity index is 136. The number of hydrogen-bond acceptors (Lipinski definition) is 0. The van der Waals surface area contributed by atoms with Crippen molar-refractivity contribution in [3.63, 3.8) is 0 Å². The molecule has 0 fully saturated rings. The molecule has 0 rings (SSSR count). The molecule has 0 amide bonds. The summed E-state index contributed by atoms with van der Waals surface area (Å²) in [6, 6.07) is 0. The zero-order chi connectivity index (χ0) is 12.2. The first-order chi connectivity index (χ1) is 6.77. The molecule has 0 aromatic carbocycles. The second-order valence-corrected chi connectivity index (χ2v) is 16.0. The summed E-state index contributed by atoms with van der Waals surface area (Å²) in [6.45, 7) is 19.3. The van der Waals surface area contributed by atoms with Crippen LogP contribution in [0.3, 0.4) is 0 Å². The van der Waals surface area contributed by atoms with E-state index >= 15 is 0 Å². The average molecular weight is 272 g/mol. The molecule has 0 heterocycles. The Kier molecular flexibility index (Phi) is 12.3. The third-order valence-electron chi connectivity index (χ3n) is 2.32. The predicted octanol–water partition coefficient (Wildman–Crippen LogP) is 3.36. The quantitative estimate of drug-likeness (QED) is 0.514. The van der Waals surface area contributed by atoms with E-state index in [4.69, 9.17) is 0 Å². The molecular weight excluding hydrogens is 244 g/mol. The molecule has 0 atom stereocenters. The van der Waals surface area contributed by atoms with Crippen LogP contribution in [0.15, 0.2) is 0 Å². The van der Waals surface area contributed by atoms with Crippen LogP contribution in [-0.2, 0) is 0 Å². The second kappa shape index (κ2) is 9.77. The van der Waals surface area contributed by atoms with E-state index in [1.165, 1.54) is 0 Å². The first kappa shape index (κ1) is 20.2. The number of hydrogen-bond donors (Lipinski definition) is 0. The summed E-state index contributed by atoms with van der Waals surface area (Å²) in [6.07, 6.45) is 0. The van der Waals surface area contributed by atoms with Crippen molar-refractivity contribution in [2.45, 2.75) is 78.0 Å². The summed E-state index contributed by atoms with van der Waals surface area (Å²) >= 11 is 0. The fraction of sp³-hybridized carbons (Fsp3) is 1.00. The third-order valence-corrected chi connectivity index (χ3v) is 17.5. The van der Waals surface area contributed by atoms with Gasteiger partial charge in [-0.2, -0.15) is 0 Å². The van der Waals surface area contributed by atoms with Crippen molar-refractivity contribution in [1.29, 1.82) is 0 Å². The summed E-state index contributed by atoms with van der Waals surface area (Å²) in [5, 5.41) is 0. The zero-order valence-corrected chi connectivity index (χ0v) is 15.3. The van der Waals surface area contributed by atoms with E-state index in [0.717, 1.165) is 22.6 Å². The molecule has 4 heteroatoms. The fourth-order valence-corrected chi connectivity index (χ4v) is 18.0. The maximum Gasteiger partial charge on any atom is 1.00 e. The van der Waals surface area contributed by atoms with Crippen molar-refractivity contribution in [2.24, 2.45) is 0 Å². The van der Waals surface area contributed by atoms with Gasteiger partial charge in [0.1, 0.15) is 0 Å². The van der Waals surface area contributed by atoms with Gasteiger partial charge in [0, 0.05) is 0 Å². The summed E-state index contributed by atoms with van der Waals surface area (Å²) in [5.74, 6) is 0. The number of rotatable bonds is 6. The second-order valence-electron chi connectivity index (χ2n) is 5.22. The van der Waals surface area contributed by atoms with E-state index in [9.17, 15) is 0 Å². The molecule has 0 nitrogen and oxygen atoms in total. The van der Waals surface area contributed by atoms with E-state index in [1.54, 1.807) is 0 Å².